The number of nitrogens with zero attached hydrogens (tertiary/aromatic N) is 2. The quantitative estimate of drug-likeness (QED) is 0.420. The van der Waals surface area contributed by atoms with Crippen molar-refractivity contribution >= 4 is 52.2 Å². The van der Waals surface area contributed by atoms with Gasteiger partial charge in [0.1, 0.15) is 0 Å². The van der Waals surface area contributed by atoms with Crippen LogP contribution in [-0.4, -0.2) is 82.4 Å². The number of carbonyl (C=O) groups excluding carboxylic acids is 2. The zero-order valence-electron chi connectivity index (χ0n) is 17.8. The summed E-state index contributed by atoms with van der Waals surface area (Å²) in [5.41, 5.74) is 0. The highest BCUT2D eigenvalue weighted by Crippen LogP contribution is 2.36. The molecule has 2 aliphatic carbocycles. The van der Waals surface area contributed by atoms with Crippen LogP contribution in [0.3, 0.4) is 0 Å². The highest BCUT2D eigenvalue weighted by molar-refractivity contribution is 8.14. The van der Waals surface area contributed by atoms with Crippen LogP contribution >= 0.6 is 35.1 Å². The molecule has 3 amide bonds. The number of halogens is 1. The van der Waals surface area contributed by atoms with E-state index < -0.39 is 17.3 Å². The summed E-state index contributed by atoms with van der Waals surface area (Å²) in [6.45, 7) is 1.95. The molecule has 0 aromatic rings. The minimum atomic E-state index is -0.535. The molecule has 7 nitrogen and oxygen atoms in total. The second kappa shape index (κ2) is 10.3. The summed E-state index contributed by atoms with van der Waals surface area (Å²) < 4.78 is 0. The summed E-state index contributed by atoms with van der Waals surface area (Å²) in [4.78, 5) is 32.3. The van der Waals surface area contributed by atoms with E-state index in [4.69, 9.17) is 11.6 Å². The highest BCUT2D eigenvalue weighted by Gasteiger charge is 2.37. The first-order valence-electron chi connectivity index (χ1n) is 10.8. The number of fused-ring (bicyclic) bond motifs is 1. The van der Waals surface area contributed by atoms with Gasteiger partial charge in [-0.15, -0.1) is 11.6 Å². The zero-order valence-corrected chi connectivity index (χ0v) is 20.2. The number of imide groups is 1. The van der Waals surface area contributed by atoms with Crippen molar-refractivity contribution in [3.8, 4) is 0 Å². The molecule has 1 fully saturated rings. The first-order chi connectivity index (χ1) is 15.0. The van der Waals surface area contributed by atoms with Gasteiger partial charge in [-0.05, 0) is 32.6 Å². The van der Waals surface area contributed by atoms with Gasteiger partial charge in [0, 0.05) is 35.7 Å². The van der Waals surface area contributed by atoms with Crippen LogP contribution in [0, 0.1) is 5.92 Å². The molecule has 0 aromatic carbocycles. The van der Waals surface area contributed by atoms with Gasteiger partial charge < -0.3 is 5.32 Å². The largest absolute Gasteiger partial charge is 0.327 e. The normalized spacial score (nSPS) is 37.4. The lowest BCUT2D eigenvalue weighted by Gasteiger charge is -2.33. The van der Waals surface area contributed by atoms with Crippen molar-refractivity contribution in [2.75, 3.05) is 26.4 Å². The number of amides is 3. The van der Waals surface area contributed by atoms with Gasteiger partial charge in [0.2, 0.25) is 5.91 Å². The van der Waals surface area contributed by atoms with Crippen LogP contribution < -0.4 is 16.0 Å². The van der Waals surface area contributed by atoms with Crippen molar-refractivity contribution in [3.05, 3.63) is 24.3 Å². The molecular formula is C21H30ClN5O2S2. The topological polar surface area (TPSA) is 85.8 Å². The first kappa shape index (κ1) is 23.2. The zero-order chi connectivity index (χ0) is 22.0. The Bertz CT molecular complexity index is 792. The second-order valence-electron chi connectivity index (χ2n) is 8.43. The Morgan fingerprint density at radius 1 is 1.26 bits per heavy atom. The smallest absolute Gasteiger partial charge is 0.316 e. The van der Waals surface area contributed by atoms with Crippen molar-refractivity contribution in [2.24, 2.45) is 10.9 Å². The maximum absolute atomic E-state index is 12.8. The van der Waals surface area contributed by atoms with Crippen LogP contribution in [-0.2, 0) is 4.79 Å². The number of aliphatic imine (C=N–C) groups is 1. The predicted octanol–water partition coefficient (Wildman–Crippen LogP) is 2.19. The molecule has 0 radical (unpaired) electrons. The Morgan fingerprint density at radius 3 is 2.84 bits per heavy atom. The summed E-state index contributed by atoms with van der Waals surface area (Å²) in [5.74, 6) is -0.776. The van der Waals surface area contributed by atoms with Gasteiger partial charge >= 0.3 is 6.03 Å². The van der Waals surface area contributed by atoms with Crippen LogP contribution in [0.25, 0.3) is 0 Å². The van der Waals surface area contributed by atoms with Crippen molar-refractivity contribution in [1.29, 1.82) is 0 Å². The fraction of sp³-hybridized carbons (Fsp3) is 0.667. The van der Waals surface area contributed by atoms with E-state index >= 15 is 0 Å². The average molecular weight is 484 g/mol. The third-order valence-electron chi connectivity index (χ3n) is 6.49. The van der Waals surface area contributed by atoms with Gasteiger partial charge in [-0.3, -0.25) is 25.3 Å². The van der Waals surface area contributed by atoms with E-state index in [-0.39, 0.29) is 18.0 Å². The fourth-order valence-corrected chi connectivity index (χ4v) is 6.90. The molecular weight excluding hydrogens is 454 g/mol. The van der Waals surface area contributed by atoms with Crippen LogP contribution in [0.1, 0.15) is 19.3 Å². The molecule has 0 bridgehead atoms. The number of allylic oxidation sites excluding steroid dienone is 1. The van der Waals surface area contributed by atoms with Crippen LogP contribution in [0.2, 0.25) is 0 Å². The lowest BCUT2D eigenvalue weighted by Crippen LogP contribution is -2.48. The van der Waals surface area contributed by atoms with Gasteiger partial charge in [-0.1, -0.05) is 36.1 Å². The van der Waals surface area contributed by atoms with E-state index in [0.29, 0.717) is 28.1 Å². The van der Waals surface area contributed by atoms with Crippen molar-refractivity contribution in [3.63, 3.8) is 0 Å². The van der Waals surface area contributed by atoms with Crippen LogP contribution in [0.4, 0.5) is 4.79 Å². The van der Waals surface area contributed by atoms with E-state index in [1.54, 1.807) is 11.8 Å². The number of rotatable bonds is 4. The number of thioether (sulfide) groups is 2. The number of urea groups is 1. The minimum absolute atomic E-state index is 0.0951. The van der Waals surface area contributed by atoms with Crippen molar-refractivity contribution < 1.29 is 9.59 Å². The number of likely N-dealkylation sites (N-methyl/N-ethyl adjacent to an activating group) is 1. The Hall–Kier alpha value is -1.00. The maximum atomic E-state index is 12.8. The summed E-state index contributed by atoms with van der Waals surface area (Å²) in [5, 5.41) is 9.55. The maximum Gasteiger partial charge on any atom is 0.327 e. The minimum Gasteiger partial charge on any atom is -0.316 e. The SMILES string of the molecule is CN[C@H]1CCN([C@H]2C=C[C@@H](Cl)C(C(=O)NC(=O)NC3=N[C@H]4C=C[C@@H](SC)CC4S3)C2)C1. The molecule has 7 atom stereocenters. The van der Waals surface area contributed by atoms with E-state index in [2.05, 4.69) is 50.3 Å². The molecule has 2 heterocycles. The molecule has 1 saturated heterocycles. The number of hydrogen-bond acceptors (Lipinski definition) is 7. The Morgan fingerprint density at radius 2 is 2.10 bits per heavy atom. The van der Waals surface area contributed by atoms with Gasteiger partial charge in [-0.25, -0.2) is 4.79 Å². The number of nitrogens with one attached hydrogen (secondary N) is 3. The molecule has 2 aliphatic heterocycles. The molecule has 170 valence electrons. The van der Waals surface area contributed by atoms with E-state index in [9.17, 15) is 9.59 Å². The standard InChI is InChI=1S/C21H30ClN5O2S2/c1-23-12-7-8-27(11-12)13-3-5-16(22)15(9-13)19(28)25-20(29)26-21-24-17-6-4-14(30-2)10-18(17)31-21/h3-6,12-18,23H,7-11H2,1-2H3,(H2,24,25,26,28,29)/t12-,13-,14+,15?,16+,17-,18?/m0/s1. The van der Waals surface area contributed by atoms with Crippen molar-refractivity contribution in [2.45, 2.75) is 53.3 Å². The third-order valence-corrected chi connectivity index (χ3v) is 9.10. The van der Waals surface area contributed by atoms with Gasteiger partial charge in [0.15, 0.2) is 5.17 Å². The Labute approximate surface area is 197 Å². The monoisotopic (exact) mass is 483 g/mol. The molecule has 2 unspecified atom stereocenters. The molecule has 10 heteroatoms. The summed E-state index contributed by atoms with van der Waals surface area (Å²) >= 11 is 9.82. The van der Waals surface area contributed by atoms with Gasteiger partial charge in [0.25, 0.3) is 0 Å². The van der Waals surface area contributed by atoms with E-state index in [0.717, 1.165) is 25.9 Å². The predicted molar refractivity (Wildman–Crippen MR) is 130 cm³/mol. The number of alkyl halides is 1. The molecule has 0 aromatic heterocycles. The first-order valence-corrected chi connectivity index (χ1v) is 13.4. The van der Waals surface area contributed by atoms with E-state index in [1.807, 2.05) is 24.9 Å². The highest BCUT2D eigenvalue weighted by atomic mass is 35.5. The molecule has 4 rings (SSSR count). The number of hydrogen-bond donors (Lipinski definition) is 3. The van der Waals surface area contributed by atoms with E-state index in [1.165, 1.54) is 0 Å². The van der Waals surface area contributed by atoms with Gasteiger partial charge in [-0.2, -0.15) is 11.8 Å². The molecule has 31 heavy (non-hydrogen) atoms. The lowest BCUT2D eigenvalue weighted by molar-refractivity contribution is -0.124. The number of likely N-dealkylation sites (tertiary alicyclic amines) is 1. The fourth-order valence-electron chi connectivity index (χ4n) is 4.62. The summed E-state index contributed by atoms with van der Waals surface area (Å²) in [6, 6.07) is 0.209. The van der Waals surface area contributed by atoms with Crippen LogP contribution in [0.5, 0.6) is 0 Å². The van der Waals surface area contributed by atoms with Crippen LogP contribution in [0.15, 0.2) is 29.3 Å². The molecule has 4 aliphatic rings. The van der Waals surface area contributed by atoms with Crippen molar-refractivity contribution in [1.82, 2.24) is 20.9 Å². The molecule has 0 saturated carbocycles. The third kappa shape index (κ3) is 5.50. The second-order valence-corrected chi connectivity index (χ2v) is 11.2. The number of amidine groups is 1. The average Bonchev–Trinajstić information content (AvgIpc) is 3.39. The molecule has 3 N–H and O–H groups in total. The summed E-state index contributed by atoms with van der Waals surface area (Å²) in [6.07, 6.45) is 13.1. The lowest BCUT2D eigenvalue weighted by atomic mass is 9.89. The molecule has 0 spiro atoms. The number of carbonyl (C=O) groups is 2. The van der Waals surface area contributed by atoms with Gasteiger partial charge in [0.05, 0.1) is 17.3 Å². The summed E-state index contributed by atoms with van der Waals surface area (Å²) in [7, 11) is 1.98. The Balaban J connectivity index is 1.28. The Kier molecular flexibility index (Phi) is 7.69.